The van der Waals surface area contributed by atoms with Crippen LogP contribution in [0.15, 0.2) is 0 Å². The highest BCUT2D eigenvalue weighted by Crippen LogP contribution is 1.96. The Bertz CT molecular complexity index is 31.5. The van der Waals surface area contributed by atoms with Gasteiger partial charge in [-0.1, -0.05) is 12.8 Å². The van der Waals surface area contributed by atoms with Crippen LogP contribution in [0.3, 0.4) is 0 Å². The molecule has 0 fully saturated rings. The molecule has 0 aromatic heterocycles. The Hall–Kier alpha value is -0.0800. The van der Waals surface area contributed by atoms with Crippen molar-refractivity contribution in [2.45, 2.75) is 25.7 Å². The van der Waals surface area contributed by atoms with E-state index in [1.54, 1.807) is 0 Å². The van der Waals surface area contributed by atoms with Crippen molar-refractivity contribution in [1.29, 1.82) is 0 Å². The predicted octanol–water partition coefficient (Wildman–Crippen LogP) is 1.11. The maximum atomic E-state index is 6.79. The summed E-state index contributed by atoms with van der Waals surface area (Å²) in [7, 11) is 0. The fraction of sp³-hybridized carbons (Fsp3) is 1.00. The molecule has 0 heterocycles. The third-order valence-corrected chi connectivity index (χ3v) is 1.10. The molecule has 48 valence electrons. The fourth-order valence-corrected chi connectivity index (χ4v) is 0.604. The van der Waals surface area contributed by atoms with Gasteiger partial charge in [-0.15, -0.1) is 0 Å². The molecule has 0 aliphatic carbocycles. The molecule has 0 atom stereocenters. The van der Waals surface area contributed by atoms with Gasteiger partial charge in [0.2, 0.25) is 0 Å². The zero-order valence-corrected chi connectivity index (χ0v) is 5.24. The molecular formula is C6H14N2. The average Bonchev–Trinajstić information content (AvgIpc) is 1.81. The maximum absolute atomic E-state index is 6.79. The van der Waals surface area contributed by atoms with E-state index >= 15 is 0 Å². The van der Waals surface area contributed by atoms with Gasteiger partial charge in [-0.25, -0.2) is 0 Å². The lowest BCUT2D eigenvalue weighted by atomic mass is 10.2. The van der Waals surface area contributed by atoms with Gasteiger partial charge in [0.15, 0.2) is 0 Å². The molecule has 0 aromatic carbocycles. The standard InChI is InChI=1S/C6H14N2/c7-5-3-1-2-4-6-8/h7-8H,1-6H2. The Balaban J connectivity index is 2.53. The van der Waals surface area contributed by atoms with E-state index in [4.69, 9.17) is 11.5 Å². The molecule has 0 spiro atoms. The van der Waals surface area contributed by atoms with E-state index in [9.17, 15) is 0 Å². The molecule has 0 saturated heterocycles. The molecular weight excluding hydrogens is 100 g/mol. The summed E-state index contributed by atoms with van der Waals surface area (Å²) >= 11 is 0. The van der Waals surface area contributed by atoms with Crippen LogP contribution >= 0.6 is 0 Å². The molecule has 0 rings (SSSR count). The average molecular weight is 114 g/mol. The van der Waals surface area contributed by atoms with E-state index in [2.05, 4.69) is 0 Å². The summed E-state index contributed by atoms with van der Waals surface area (Å²) < 4.78 is 0. The second-order valence-electron chi connectivity index (χ2n) is 1.91. The highest BCUT2D eigenvalue weighted by atomic mass is 14.5. The first-order chi connectivity index (χ1) is 3.91. The maximum Gasteiger partial charge on any atom is 0.00997 e. The van der Waals surface area contributed by atoms with Crippen molar-refractivity contribution in [3.05, 3.63) is 0 Å². The van der Waals surface area contributed by atoms with E-state index < -0.39 is 0 Å². The molecule has 2 radical (unpaired) electrons. The van der Waals surface area contributed by atoms with Crippen molar-refractivity contribution < 1.29 is 0 Å². The normalized spacial score (nSPS) is 9.75. The van der Waals surface area contributed by atoms with E-state index in [0.717, 1.165) is 25.7 Å². The van der Waals surface area contributed by atoms with Crippen molar-refractivity contribution in [2.75, 3.05) is 13.1 Å². The van der Waals surface area contributed by atoms with Crippen LogP contribution in [0.1, 0.15) is 25.7 Å². The summed E-state index contributed by atoms with van der Waals surface area (Å²) in [6.07, 6.45) is 4.31. The minimum absolute atomic E-state index is 0.554. The predicted molar refractivity (Wildman–Crippen MR) is 34.4 cm³/mol. The highest BCUT2D eigenvalue weighted by molar-refractivity contribution is 4.42. The van der Waals surface area contributed by atoms with Crippen LogP contribution < -0.4 is 11.5 Å². The van der Waals surface area contributed by atoms with E-state index in [0.29, 0.717) is 13.1 Å². The molecule has 0 saturated carbocycles. The fourth-order valence-electron chi connectivity index (χ4n) is 0.604. The van der Waals surface area contributed by atoms with Crippen LogP contribution in [0.5, 0.6) is 0 Å². The molecule has 0 bridgehead atoms. The van der Waals surface area contributed by atoms with Crippen molar-refractivity contribution in [3.63, 3.8) is 0 Å². The summed E-state index contributed by atoms with van der Waals surface area (Å²) in [4.78, 5) is 0. The van der Waals surface area contributed by atoms with Crippen LogP contribution in [-0.2, 0) is 0 Å². The molecule has 2 N–H and O–H groups in total. The SMILES string of the molecule is [NH]CCCCCC[NH]. The molecule has 2 nitrogen and oxygen atoms in total. The minimum atomic E-state index is 0.554. The molecule has 0 unspecified atom stereocenters. The Morgan fingerprint density at radius 1 is 0.625 bits per heavy atom. The molecule has 0 aromatic rings. The summed E-state index contributed by atoms with van der Waals surface area (Å²) in [5.74, 6) is 0. The van der Waals surface area contributed by atoms with Gasteiger partial charge >= 0.3 is 0 Å². The molecule has 0 aliphatic rings. The summed E-state index contributed by atoms with van der Waals surface area (Å²) in [5, 5.41) is 0. The second kappa shape index (κ2) is 6.92. The number of rotatable bonds is 5. The lowest BCUT2D eigenvalue weighted by Gasteiger charge is -1.93. The Kier molecular flexibility index (Phi) is 6.85. The highest BCUT2D eigenvalue weighted by Gasteiger charge is 1.84. The van der Waals surface area contributed by atoms with Crippen molar-refractivity contribution in [2.24, 2.45) is 0 Å². The van der Waals surface area contributed by atoms with E-state index in [1.165, 1.54) is 0 Å². The largest absolute Gasteiger partial charge is 0.258 e. The van der Waals surface area contributed by atoms with Gasteiger partial charge in [0.1, 0.15) is 0 Å². The van der Waals surface area contributed by atoms with Gasteiger partial charge in [-0.05, 0) is 12.8 Å². The Morgan fingerprint density at radius 2 is 1.00 bits per heavy atom. The Labute approximate surface area is 51.2 Å². The molecule has 2 heteroatoms. The third kappa shape index (κ3) is 5.92. The van der Waals surface area contributed by atoms with E-state index in [1.807, 2.05) is 0 Å². The number of unbranched alkanes of at least 4 members (excludes halogenated alkanes) is 3. The smallest absolute Gasteiger partial charge is 0.00997 e. The van der Waals surface area contributed by atoms with Crippen molar-refractivity contribution >= 4 is 0 Å². The molecule has 8 heavy (non-hydrogen) atoms. The number of hydrogen-bond donors (Lipinski definition) is 0. The van der Waals surface area contributed by atoms with Gasteiger partial charge in [0.05, 0.1) is 0 Å². The van der Waals surface area contributed by atoms with Gasteiger partial charge in [-0.3, -0.25) is 11.5 Å². The second-order valence-corrected chi connectivity index (χ2v) is 1.91. The topological polar surface area (TPSA) is 47.6 Å². The van der Waals surface area contributed by atoms with E-state index in [-0.39, 0.29) is 0 Å². The first kappa shape index (κ1) is 7.92. The van der Waals surface area contributed by atoms with Gasteiger partial charge in [0, 0.05) is 13.1 Å². The summed E-state index contributed by atoms with van der Waals surface area (Å²) in [6.45, 7) is 1.11. The third-order valence-electron chi connectivity index (χ3n) is 1.10. The summed E-state index contributed by atoms with van der Waals surface area (Å²) in [6, 6.07) is 0. The molecule has 0 amide bonds. The summed E-state index contributed by atoms with van der Waals surface area (Å²) in [5.41, 5.74) is 13.6. The Morgan fingerprint density at radius 3 is 1.25 bits per heavy atom. The quantitative estimate of drug-likeness (QED) is 0.481. The monoisotopic (exact) mass is 114 g/mol. The van der Waals surface area contributed by atoms with Crippen molar-refractivity contribution in [1.82, 2.24) is 11.5 Å². The number of hydrogen-bond acceptors (Lipinski definition) is 0. The van der Waals surface area contributed by atoms with Crippen LogP contribution in [-0.4, -0.2) is 13.1 Å². The van der Waals surface area contributed by atoms with Crippen LogP contribution in [0, 0.1) is 0 Å². The van der Waals surface area contributed by atoms with Gasteiger partial charge < -0.3 is 0 Å². The van der Waals surface area contributed by atoms with Gasteiger partial charge in [-0.2, -0.15) is 0 Å². The lowest BCUT2D eigenvalue weighted by molar-refractivity contribution is 0.645. The van der Waals surface area contributed by atoms with Crippen LogP contribution in [0.25, 0.3) is 0 Å². The zero-order chi connectivity index (χ0) is 6.24. The minimum Gasteiger partial charge on any atom is -0.258 e. The first-order valence-corrected chi connectivity index (χ1v) is 3.21. The first-order valence-electron chi connectivity index (χ1n) is 3.21. The molecule has 0 aliphatic heterocycles. The van der Waals surface area contributed by atoms with Crippen molar-refractivity contribution in [3.8, 4) is 0 Å². The van der Waals surface area contributed by atoms with Crippen LogP contribution in [0.4, 0.5) is 0 Å². The number of nitrogens with one attached hydrogen (secondary N) is 2. The lowest BCUT2D eigenvalue weighted by Crippen LogP contribution is -1.88. The zero-order valence-electron chi connectivity index (χ0n) is 5.24. The van der Waals surface area contributed by atoms with Crippen LogP contribution in [0.2, 0.25) is 0 Å². The van der Waals surface area contributed by atoms with Gasteiger partial charge in [0.25, 0.3) is 0 Å².